The summed E-state index contributed by atoms with van der Waals surface area (Å²) in [4.78, 5) is 25.3. The highest BCUT2D eigenvalue weighted by atomic mass is 35.5. The van der Waals surface area contributed by atoms with Gasteiger partial charge < -0.3 is 5.32 Å². The van der Waals surface area contributed by atoms with Crippen LogP contribution in [0, 0.1) is 5.82 Å². The van der Waals surface area contributed by atoms with E-state index in [1.54, 1.807) is 13.0 Å². The van der Waals surface area contributed by atoms with Gasteiger partial charge in [0.2, 0.25) is 5.91 Å². The lowest BCUT2D eigenvalue weighted by Gasteiger charge is -2.17. The number of carbonyl (C=O) groups is 2. The molecule has 1 aromatic rings. The molecule has 1 aromatic carbocycles. The molecule has 1 fully saturated rings. The van der Waals surface area contributed by atoms with Gasteiger partial charge in [-0.15, -0.1) is 11.8 Å². The van der Waals surface area contributed by atoms with Crippen molar-refractivity contribution in [2.24, 2.45) is 0 Å². The van der Waals surface area contributed by atoms with E-state index >= 15 is 0 Å². The summed E-state index contributed by atoms with van der Waals surface area (Å²) >= 11 is 6.92. The van der Waals surface area contributed by atoms with Crippen molar-refractivity contribution in [1.29, 1.82) is 0 Å². The first kappa shape index (κ1) is 14.1. The molecule has 7 heteroatoms. The summed E-state index contributed by atoms with van der Waals surface area (Å²) < 4.78 is 13.0. The first-order valence-corrected chi connectivity index (χ1v) is 6.95. The molecule has 1 saturated heterocycles. The zero-order chi connectivity index (χ0) is 14.0. The van der Waals surface area contributed by atoms with Crippen LogP contribution in [0.25, 0.3) is 0 Å². The van der Waals surface area contributed by atoms with Crippen molar-refractivity contribution in [3.63, 3.8) is 0 Å². The minimum atomic E-state index is -0.496. The quantitative estimate of drug-likeness (QED) is 0.873. The van der Waals surface area contributed by atoms with E-state index < -0.39 is 11.1 Å². The molecular formula is C12H12ClFN2O2S. The number of hydrogen-bond donors (Lipinski definition) is 1. The molecule has 2 rings (SSSR count). The summed E-state index contributed by atoms with van der Waals surface area (Å²) in [7, 11) is 0. The molecule has 102 valence electrons. The van der Waals surface area contributed by atoms with Gasteiger partial charge in [-0.25, -0.2) is 9.18 Å². The van der Waals surface area contributed by atoms with Crippen molar-refractivity contribution >= 4 is 35.3 Å². The highest BCUT2D eigenvalue weighted by molar-refractivity contribution is 8.00. The average molecular weight is 303 g/mol. The zero-order valence-electron chi connectivity index (χ0n) is 10.2. The Morgan fingerprint density at radius 1 is 1.58 bits per heavy atom. The number of halogens is 2. The lowest BCUT2D eigenvalue weighted by atomic mass is 10.3. The monoisotopic (exact) mass is 302 g/mol. The van der Waals surface area contributed by atoms with Crippen LogP contribution in [0.15, 0.2) is 23.1 Å². The molecule has 1 atom stereocenters. The Hall–Kier alpha value is -1.27. The van der Waals surface area contributed by atoms with Gasteiger partial charge in [0.1, 0.15) is 5.82 Å². The number of hydrogen-bond acceptors (Lipinski definition) is 3. The lowest BCUT2D eigenvalue weighted by Crippen LogP contribution is -2.38. The molecule has 0 saturated carbocycles. The maximum absolute atomic E-state index is 13.0. The van der Waals surface area contributed by atoms with Crippen molar-refractivity contribution in [2.45, 2.75) is 17.1 Å². The minimum absolute atomic E-state index is 0.0172. The third-order valence-electron chi connectivity index (χ3n) is 2.67. The fourth-order valence-electron chi connectivity index (χ4n) is 1.71. The topological polar surface area (TPSA) is 49.4 Å². The molecule has 19 heavy (non-hydrogen) atoms. The number of benzene rings is 1. The molecule has 0 spiro atoms. The summed E-state index contributed by atoms with van der Waals surface area (Å²) in [5.41, 5.74) is 0. The summed E-state index contributed by atoms with van der Waals surface area (Å²) in [5, 5.41) is 2.15. The summed E-state index contributed by atoms with van der Waals surface area (Å²) in [6.07, 6.45) is 0. The van der Waals surface area contributed by atoms with Crippen molar-refractivity contribution in [2.75, 3.05) is 13.1 Å². The lowest BCUT2D eigenvalue weighted by molar-refractivity contribution is -0.126. The van der Waals surface area contributed by atoms with E-state index in [0.29, 0.717) is 18.0 Å². The van der Waals surface area contributed by atoms with Gasteiger partial charge >= 0.3 is 6.03 Å². The Morgan fingerprint density at radius 2 is 2.32 bits per heavy atom. The zero-order valence-corrected chi connectivity index (χ0v) is 11.7. The normalized spacial score (nSPS) is 16.4. The highest BCUT2D eigenvalue weighted by Gasteiger charge is 2.30. The average Bonchev–Trinajstić information content (AvgIpc) is 2.79. The SMILES string of the molecule is C[C@H](Sc1ccc(F)c(Cl)c1)C(=O)N1CCNC1=O. The second-order valence-corrected chi connectivity index (χ2v) is 5.88. The Labute approximate surface area is 119 Å². The van der Waals surface area contributed by atoms with Gasteiger partial charge in [0, 0.05) is 18.0 Å². The Balaban J connectivity index is 2.03. The van der Waals surface area contributed by atoms with Gasteiger partial charge in [-0.05, 0) is 25.1 Å². The van der Waals surface area contributed by atoms with E-state index in [1.165, 1.54) is 28.8 Å². The number of amides is 3. The standard InChI is InChI=1S/C12H12ClFN2O2S/c1-7(11(17)16-5-4-15-12(16)18)19-8-2-3-10(14)9(13)6-8/h2-3,6-7H,4-5H2,1H3,(H,15,18)/t7-/m0/s1. The minimum Gasteiger partial charge on any atom is -0.336 e. The predicted molar refractivity (Wildman–Crippen MR) is 71.8 cm³/mol. The predicted octanol–water partition coefficient (Wildman–Crippen LogP) is 2.51. The molecule has 0 unspecified atom stereocenters. The van der Waals surface area contributed by atoms with Gasteiger partial charge in [0.05, 0.1) is 10.3 Å². The Kier molecular flexibility index (Phi) is 4.31. The van der Waals surface area contributed by atoms with Crippen LogP contribution in [-0.4, -0.2) is 35.2 Å². The Morgan fingerprint density at radius 3 is 2.89 bits per heavy atom. The van der Waals surface area contributed by atoms with E-state index in [2.05, 4.69) is 5.32 Å². The van der Waals surface area contributed by atoms with Crippen molar-refractivity contribution in [3.8, 4) is 0 Å². The number of rotatable bonds is 3. The second-order valence-electron chi connectivity index (χ2n) is 4.06. The molecular weight excluding hydrogens is 291 g/mol. The molecule has 0 aliphatic carbocycles. The van der Waals surface area contributed by atoms with Crippen molar-refractivity contribution in [3.05, 3.63) is 29.0 Å². The molecule has 0 aromatic heterocycles. The van der Waals surface area contributed by atoms with E-state index in [1.807, 2.05) is 0 Å². The molecule has 3 amide bonds. The van der Waals surface area contributed by atoms with Crippen molar-refractivity contribution < 1.29 is 14.0 Å². The molecule has 1 aliphatic heterocycles. The number of carbonyl (C=O) groups excluding carboxylic acids is 2. The number of nitrogens with one attached hydrogen (secondary N) is 1. The third-order valence-corrected chi connectivity index (χ3v) is 4.05. The van der Waals surface area contributed by atoms with Gasteiger partial charge in [-0.1, -0.05) is 11.6 Å². The maximum atomic E-state index is 13.0. The number of imide groups is 1. The van der Waals surface area contributed by atoms with Gasteiger partial charge in [-0.2, -0.15) is 0 Å². The van der Waals surface area contributed by atoms with Crippen LogP contribution in [-0.2, 0) is 4.79 Å². The van der Waals surface area contributed by atoms with Gasteiger partial charge in [-0.3, -0.25) is 9.69 Å². The van der Waals surface area contributed by atoms with Crippen LogP contribution in [0.1, 0.15) is 6.92 Å². The number of urea groups is 1. The molecule has 0 bridgehead atoms. The number of thioether (sulfide) groups is 1. The van der Waals surface area contributed by atoms with Crippen LogP contribution < -0.4 is 5.32 Å². The first-order valence-electron chi connectivity index (χ1n) is 5.70. The van der Waals surface area contributed by atoms with Gasteiger partial charge in [0.25, 0.3) is 0 Å². The molecule has 1 N–H and O–H groups in total. The van der Waals surface area contributed by atoms with Crippen LogP contribution in [0.5, 0.6) is 0 Å². The summed E-state index contributed by atoms with van der Waals surface area (Å²) in [5.74, 6) is -0.760. The van der Waals surface area contributed by atoms with Crippen LogP contribution in [0.2, 0.25) is 5.02 Å². The largest absolute Gasteiger partial charge is 0.336 e. The third kappa shape index (κ3) is 3.19. The smallest absolute Gasteiger partial charge is 0.324 e. The fourth-order valence-corrected chi connectivity index (χ4v) is 2.92. The molecule has 1 aliphatic rings. The summed E-state index contributed by atoms with van der Waals surface area (Å²) in [6.45, 7) is 2.56. The van der Waals surface area contributed by atoms with Gasteiger partial charge in [0.15, 0.2) is 0 Å². The summed E-state index contributed by atoms with van der Waals surface area (Å²) in [6, 6.07) is 3.91. The van der Waals surface area contributed by atoms with Crippen LogP contribution >= 0.6 is 23.4 Å². The van der Waals surface area contributed by atoms with E-state index in [4.69, 9.17) is 11.6 Å². The van der Waals surface area contributed by atoms with E-state index in [9.17, 15) is 14.0 Å². The van der Waals surface area contributed by atoms with Crippen LogP contribution in [0.4, 0.5) is 9.18 Å². The Bertz CT molecular complexity index is 526. The first-order chi connectivity index (χ1) is 8.99. The molecule has 0 radical (unpaired) electrons. The van der Waals surface area contributed by atoms with E-state index in [-0.39, 0.29) is 17.0 Å². The number of nitrogens with zero attached hydrogens (tertiary/aromatic N) is 1. The van der Waals surface area contributed by atoms with Crippen molar-refractivity contribution in [1.82, 2.24) is 10.2 Å². The maximum Gasteiger partial charge on any atom is 0.324 e. The molecule has 4 nitrogen and oxygen atoms in total. The highest BCUT2D eigenvalue weighted by Crippen LogP contribution is 2.28. The second kappa shape index (κ2) is 5.79. The van der Waals surface area contributed by atoms with E-state index in [0.717, 1.165) is 0 Å². The van der Waals surface area contributed by atoms with Crippen LogP contribution in [0.3, 0.4) is 0 Å². The fraction of sp³-hybridized carbons (Fsp3) is 0.333. The molecule has 1 heterocycles.